The zero-order valence-corrected chi connectivity index (χ0v) is 11.3. The highest BCUT2D eigenvalue weighted by molar-refractivity contribution is 5.92. The van der Waals surface area contributed by atoms with Crippen molar-refractivity contribution in [2.75, 3.05) is 12.3 Å². The maximum Gasteiger partial charge on any atom is 0.360 e. The van der Waals surface area contributed by atoms with Crippen LogP contribution in [0, 0.1) is 0 Å². The van der Waals surface area contributed by atoms with Crippen molar-refractivity contribution in [1.82, 2.24) is 19.3 Å². The molecule has 0 unspecified atom stereocenters. The van der Waals surface area contributed by atoms with Crippen molar-refractivity contribution < 1.29 is 9.53 Å². The van der Waals surface area contributed by atoms with Gasteiger partial charge in [-0.15, -0.1) is 0 Å². The molecule has 0 radical (unpaired) electrons. The Hall–Kier alpha value is -2.31. The molecule has 0 aliphatic carbocycles. The van der Waals surface area contributed by atoms with E-state index in [-0.39, 0.29) is 11.5 Å². The molecule has 0 fully saturated rings. The number of carbonyl (C=O) groups excluding carboxylic acids is 1. The Morgan fingerprint density at radius 2 is 2.21 bits per heavy atom. The lowest BCUT2D eigenvalue weighted by atomic mass is 10.4. The number of nitrogens with two attached hydrogens (primary N) is 1. The van der Waals surface area contributed by atoms with Gasteiger partial charge < -0.3 is 10.5 Å². The van der Waals surface area contributed by atoms with Crippen molar-refractivity contribution in [1.29, 1.82) is 0 Å². The van der Waals surface area contributed by atoms with E-state index in [2.05, 4.69) is 10.1 Å². The topological polar surface area (TPSA) is 88.0 Å². The molecular weight excluding hydrogens is 246 g/mol. The quantitative estimate of drug-likeness (QED) is 0.829. The first-order chi connectivity index (χ1) is 9.08. The van der Waals surface area contributed by atoms with Gasteiger partial charge in [-0.3, -0.25) is 9.25 Å². The molecule has 7 heteroatoms. The van der Waals surface area contributed by atoms with Crippen LogP contribution in [0.25, 0.3) is 5.69 Å². The number of aromatic nitrogens is 4. The number of rotatable bonds is 4. The fourth-order valence-corrected chi connectivity index (χ4v) is 1.88. The number of anilines is 1. The third-order valence-electron chi connectivity index (χ3n) is 2.72. The van der Waals surface area contributed by atoms with Crippen LogP contribution < -0.4 is 5.73 Å². The van der Waals surface area contributed by atoms with Gasteiger partial charge in [-0.2, -0.15) is 5.10 Å². The molecule has 0 amide bonds. The van der Waals surface area contributed by atoms with Crippen LogP contribution in [0.5, 0.6) is 0 Å². The summed E-state index contributed by atoms with van der Waals surface area (Å²) in [6.07, 6.45) is 4.14. The van der Waals surface area contributed by atoms with Gasteiger partial charge in [0.15, 0.2) is 5.69 Å². The van der Waals surface area contributed by atoms with Gasteiger partial charge in [0.25, 0.3) is 0 Å². The predicted molar refractivity (Wildman–Crippen MR) is 70.1 cm³/mol. The van der Waals surface area contributed by atoms with Gasteiger partial charge in [0, 0.05) is 19.7 Å². The fourth-order valence-electron chi connectivity index (χ4n) is 1.88. The Morgan fingerprint density at radius 3 is 2.74 bits per heavy atom. The molecule has 2 heterocycles. The van der Waals surface area contributed by atoms with E-state index in [1.54, 1.807) is 22.4 Å². The minimum atomic E-state index is -0.502. The van der Waals surface area contributed by atoms with Crippen LogP contribution in [0.1, 0.15) is 30.2 Å². The van der Waals surface area contributed by atoms with Crippen LogP contribution in [0.2, 0.25) is 0 Å². The molecule has 0 aliphatic heterocycles. The van der Waals surface area contributed by atoms with E-state index in [0.717, 1.165) is 5.69 Å². The van der Waals surface area contributed by atoms with Crippen LogP contribution >= 0.6 is 0 Å². The fraction of sp³-hybridized carbons (Fsp3) is 0.417. The predicted octanol–water partition coefficient (Wildman–Crippen LogP) is 0.927. The van der Waals surface area contributed by atoms with E-state index in [1.807, 2.05) is 20.2 Å². The molecule has 102 valence electrons. The first kappa shape index (κ1) is 13.1. The molecule has 0 bridgehead atoms. The minimum absolute atomic E-state index is 0.155. The van der Waals surface area contributed by atoms with Gasteiger partial charge in [0.2, 0.25) is 0 Å². The second-order valence-corrected chi connectivity index (χ2v) is 4.04. The highest BCUT2D eigenvalue weighted by atomic mass is 16.5. The number of nitrogen functional groups attached to an aromatic ring is 1. The van der Waals surface area contributed by atoms with Crippen molar-refractivity contribution >= 4 is 11.8 Å². The molecule has 0 atom stereocenters. The van der Waals surface area contributed by atoms with Gasteiger partial charge in [-0.25, -0.2) is 9.78 Å². The lowest BCUT2D eigenvalue weighted by Crippen LogP contribution is -2.09. The summed E-state index contributed by atoms with van der Waals surface area (Å²) >= 11 is 0. The SMILES string of the molecule is CCOC(=O)c1nc(CC)n(-c2cnn(C)c2)c1N. The monoisotopic (exact) mass is 263 g/mol. The molecular formula is C12H17N5O2. The van der Waals surface area contributed by atoms with Gasteiger partial charge in [0.1, 0.15) is 11.6 Å². The summed E-state index contributed by atoms with van der Waals surface area (Å²) in [6.45, 7) is 3.98. The summed E-state index contributed by atoms with van der Waals surface area (Å²) in [5.74, 6) is 0.481. The van der Waals surface area contributed by atoms with Crippen LogP contribution in [0.15, 0.2) is 12.4 Å². The third kappa shape index (κ3) is 2.31. The molecule has 2 N–H and O–H groups in total. The zero-order chi connectivity index (χ0) is 14.0. The molecule has 2 aromatic heterocycles. The second kappa shape index (κ2) is 5.13. The van der Waals surface area contributed by atoms with Gasteiger partial charge in [-0.05, 0) is 6.92 Å². The summed E-state index contributed by atoms with van der Waals surface area (Å²) in [6, 6.07) is 0. The number of nitrogens with zero attached hydrogens (tertiary/aromatic N) is 4. The summed E-state index contributed by atoms with van der Waals surface area (Å²) < 4.78 is 8.33. The maximum atomic E-state index is 11.8. The van der Waals surface area contributed by atoms with Crippen LogP contribution in [0.3, 0.4) is 0 Å². The van der Waals surface area contributed by atoms with Crippen molar-refractivity contribution in [3.63, 3.8) is 0 Å². The summed E-state index contributed by atoms with van der Waals surface area (Å²) in [5, 5.41) is 4.10. The highest BCUT2D eigenvalue weighted by Crippen LogP contribution is 2.21. The molecule has 2 aromatic rings. The molecule has 0 saturated carbocycles. The van der Waals surface area contributed by atoms with Crippen molar-refractivity contribution in [3.8, 4) is 5.69 Å². The number of aryl methyl sites for hydroxylation is 2. The number of hydrogen-bond acceptors (Lipinski definition) is 5. The average Bonchev–Trinajstić information content (AvgIpc) is 2.93. The van der Waals surface area contributed by atoms with Crippen molar-refractivity contribution in [2.24, 2.45) is 7.05 Å². The maximum absolute atomic E-state index is 11.8. The third-order valence-corrected chi connectivity index (χ3v) is 2.72. The van der Waals surface area contributed by atoms with Gasteiger partial charge in [-0.1, -0.05) is 6.92 Å². The normalized spacial score (nSPS) is 10.7. The van der Waals surface area contributed by atoms with E-state index in [9.17, 15) is 4.79 Å². The minimum Gasteiger partial charge on any atom is -0.461 e. The van der Waals surface area contributed by atoms with Crippen molar-refractivity contribution in [3.05, 3.63) is 23.9 Å². The van der Waals surface area contributed by atoms with E-state index >= 15 is 0 Å². The number of hydrogen-bond donors (Lipinski definition) is 1. The lowest BCUT2D eigenvalue weighted by molar-refractivity contribution is 0.0521. The molecule has 2 rings (SSSR count). The number of ether oxygens (including phenoxy) is 1. The Labute approximate surface area is 111 Å². The summed E-state index contributed by atoms with van der Waals surface area (Å²) in [5.41, 5.74) is 6.95. The van der Waals surface area contributed by atoms with E-state index < -0.39 is 5.97 Å². The van der Waals surface area contributed by atoms with Gasteiger partial charge in [0.05, 0.1) is 18.5 Å². The lowest BCUT2D eigenvalue weighted by Gasteiger charge is -2.05. The number of carbonyl (C=O) groups is 1. The Kier molecular flexibility index (Phi) is 3.55. The van der Waals surface area contributed by atoms with Crippen molar-refractivity contribution in [2.45, 2.75) is 20.3 Å². The van der Waals surface area contributed by atoms with E-state index in [0.29, 0.717) is 18.9 Å². The summed E-state index contributed by atoms with van der Waals surface area (Å²) in [7, 11) is 1.81. The first-order valence-electron chi connectivity index (χ1n) is 6.11. The van der Waals surface area contributed by atoms with E-state index in [1.165, 1.54) is 0 Å². The number of esters is 1. The standard InChI is InChI=1S/C12H17N5O2/c1-4-9-15-10(12(18)19-5-2)11(13)17(9)8-6-14-16(3)7-8/h6-7H,4-5,13H2,1-3H3. The molecule has 0 saturated heterocycles. The van der Waals surface area contributed by atoms with E-state index in [4.69, 9.17) is 10.5 Å². The van der Waals surface area contributed by atoms with Crippen LogP contribution in [-0.4, -0.2) is 31.9 Å². The zero-order valence-electron chi connectivity index (χ0n) is 11.3. The molecule has 0 aliphatic rings. The number of imidazole rings is 1. The smallest absolute Gasteiger partial charge is 0.360 e. The van der Waals surface area contributed by atoms with Gasteiger partial charge >= 0.3 is 5.97 Å². The Morgan fingerprint density at radius 1 is 1.47 bits per heavy atom. The Bertz CT molecular complexity index is 599. The second-order valence-electron chi connectivity index (χ2n) is 4.04. The average molecular weight is 263 g/mol. The summed E-state index contributed by atoms with van der Waals surface area (Å²) in [4.78, 5) is 16.0. The molecule has 7 nitrogen and oxygen atoms in total. The largest absolute Gasteiger partial charge is 0.461 e. The van der Waals surface area contributed by atoms with Crippen LogP contribution in [-0.2, 0) is 18.2 Å². The molecule has 0 aromatic carbocycles. The molecule has 19 heavy (non-hydrogen) atoms. The Balaban J connectivity index is 2.51. The highest BCUT2D eigenvalue weighted by Gasteiger charge is 2.22. The molecule has 0 spiro atoms. The van der Waals surface area contributed by atoms with Crippen LogP contribution in [0.4, 0.5) is 5.82 Å². The first-order valence-corrected chi connectivity index (χ1v) is 6.11.